The second kappa shape index (κ2) is 13.7. The number of hydrogen-bond donors (Lipinski definition) is 8. The molecule has 0 aromatic heterocycles. The molecule has 1 amide bonds. The van der Waals surface area contributed by atoms with Crippen molar-refractivity contribution in [1.82, 2.24) is 10.2 Å². The second-order valence-electron chi connectivity index (χ2n) is 10.6. The van der Waals surface area contributed by atoms with E-state index in [1.54, 1.807) is 6.26 Å². The van der Waals surface area contributed by atoms with Crippen molar-refractivity contribution >= 4 is 23.6 Å². The van der Waals surface area contributed by atoms with E-state index in [0.717, 1.165) is 31.1 Å². The minimum absolute atomic E-state index is 0.336. The highest BCUT2D eigenvalue weighted by Crippen LogP contribution is 2.34. The summed E-state index contributed by atoms with van der Waals surface area (Å²) in [4.78, 5) is 26.5. The summed E-state index contributed by atoms with van der Waals surface area (Å²) in [6, 6.07) is -1.52. The highest BCUT2D eigenvalue weighted by Gasteiger charge is 2.53. The summed E-state index contributed by atoms with van der Waals surface area (Å²) in [7, 11) is 1.85. The van der Waals surface area contributed by atoms with E-state index in [2.05, 4.69) is 12.2 Å². The van der Waals surface area contributed by atoms with Crippen LogP contribution in [0.5, 0.6) is 0 Å². The van der Waals surface area contributed by atoms with E-state index >= 15 is 0 Å². The number of nitrogens with one attached hydrogen (secondary N) is 1. The van der Waals surface area contributed by atoms with Gasteiger partial charge >= 0.3 is 5.97 Å². The SMILES string of the molecule is CCC[C@@H]1C[C@@H](C(=O)N[C@@H]([C@H]2O[C@H](SC)[C@H](OC3OC(C(=O)O)C(O)C(O)C3O)[C@@H](O)[C@H]2O)[C@@H](C)O)N(C)C1. The molecule has 226 valence electrons. The van der Waals surface area contributed by atoms with E-state index < -0.39 is 84.7 Å². The molecule has 3 aliphatic heterocycles. The second-order valence-corrected chi connectivity index (χ2v) is 11.6. The van der Waals surface area contributed by atoms with E-state index in [4.69, 9.17) is 14.2 Å². The third-order valence-corrected chi connectivity index (χ3v) is 8.58. The predicted octanol–water partition coefficient (Wildman–Crippen LogP) is -2.94. The van der Waals surface area contributed by atoms with Crippen molar-refractivity contribution < 1.29 is 59.5 Å². The van der Waals surface area contributed by atoms with E-state index in [0.29, 0.717) is 12.3 Å². The zero-order valence-electron chi connectivity index (χ0n) is 22.4. The molecule has 0 aromatic rings. The molecule has 0 radical (unpaired) electrons. The van der Waals surface area contributed by atoms with Gasteiger partial charge in [0, 0.05) is 6.54 Å². The summed E-state index contributed by atoms with van der Waals surface area (Å²) in [5.41, 5.74) is -1.03. The lowest BCUT2D eigenvalue weighted by molar-refractivity contribution is -0.329. The van der Waals surface area contributed by atoms with Gasteiger partial charge in [0.1, 0.15) is 48.2 Å². The van der Waals surface area contributed by atoms with Crippen molar-refractivity contribution in [3.63, 3.8) is 0 Å². The first-order valence-electron chi connectivity index (χ1n) is 13.1. The van der Waals surface area contributed by atoms with Gasteiger partial charge in [-0.3, -0.25) is 9.69 Å². The fourth-order valence-electron chi connectivity index (χ4n) is 5.58. The van der Waals surface area contributed by atoms with Gasteiger partial charge in [-0.2, -0.15) is 0 Å². The molecule has 14 atom stereocenters. The zero-order chi connectivity index (χ0) is 29.2. The Morgan fingerprint density at radius 2 is 1.74 bits per heavy atom. The number of carbonyl (C=O) groups is 2. The maximum atomic E-state index is 13.2. The summed E-state index contributed by atoms with van der Waals surface area (Å²) < 4.78 is 16.7. The van der Waals surface area contributed by atoms with Crippen LogP contribution in [-0.2, 0) is 23.8 Å². The van der Waals surface area contributed by atoms with Crippen LogP contribution in [-0.4, -0.2) is 151 Å². The third-order valence-electron chi connectivity index (χ3n) is 7.74. The first-order chi connectivity index (χ1) is 18.3. The molecule has 5 unspecified atom stereocenters. The summed E-state index contributed by atoms with van der Waals surface area (Å²) in [6.07, 6.45) is -12.3. The van der Waals surface area contributed by atoms with Crippen molar-refractivity contribution in [1.29, 1.82) is 0 Å². The summed E-state index contributed by atoms with van der Waals surface area (Å²) >= 11 is 1.05. The largest absolute Gasteiger partial charge is 0.479 e. The van der Waals surface area contributed by atoms with Crippen LogP contribution in [0.4, 0.5) is 0 Å². The van der Waals surface area contributed by atoms with Crippen LogP contribution < -0.4 is 5.32 Å². The lowest BCUT2D eigenvalue weighted by atomic mass is 9.91. The van der Waals surface area contributed by atoms with Crippen LogP contribution in [0.25, 0.3) is 0 Å². The molecular formula is C24H42N2O12S. The van der Waals surface area contributed by atoms with Crippen LogP contribution in [0, 0.1) is 5.92 Å². The molecule has 0 aliphatic carbocycles. The Morgan fingerprint density at radius 3 is 2.31 bits per heavy atom. The van der Waals surface area contributed by atoms with Gasteiger partial charge in [0.05, 0.1) is 18.2 Å². The number of nitrogens with zero attached hydrogens (tertiary/aromatic N) is 1. The Morgan fingerprint density at radius 1 is 1.08 bits per heavy atom. The quantitative estimate of drug-likeness (QED) is 0.129. The maximum Gasteiger partial charge on any atom is 0.335 e. The van der Waals surface area contributed by atoms with Gasteiger partial charge in [-0.05, 0) is 39.0 Å². The number of likely N-dealkylation sites (tertiary alicyclic amines) is 1. The number of thioether (sulfide) groups is 1. The number of ether oxygens (including phenoxy) is 3. The molecule has 15 heteroatoms. The van der Waals surface area contributed by atoms with Gasteiger partial charge in [0.25, 0.3) is 0 Å². The number of carbonyl (C=O) groups excluding carboxylic acids is 1. The Bertz CT molecular complexity index is 837. The van der Waals surface area contributed by atoms with Crippen LogP contribution in [0.3, 0.4) is 0 Å². The zero-order valence-corrected chi connectivity index (χ0v) is 23.3. The minimum atomic E-state index is -1.93. The molecule has 3 rings (SSSR count). The minimum Gasteiger partial charge on any atom is -0.479 e. The number of likely N-dealkylation sites (N-methyl/N-ethyl adjacent to an activating group) is 1. The van der Waals surface area contributed by atoms with Gasteiger partial charge in [-0.1, -0.05) is 13.3 Å². The van der Waals surface area contributed by atoms with Crippen LogP contribution in [0.15, 0.2) is 0 Å². The van der Waals surface area contributed by atoms with Crippen molar-refractivity contribution in [2.75, 3.05) is 19.8 Å². The highest BCUT2D eigenvalue weighted by atomic mass is 32.2. The average Bonchev–Trinajstić information content (AvgIpc) is 3.25. The van der Waals surface area contributed by atoms with Crippen LogP contribution in [0.2, 0.25) is 0 Å². The monoisotopic (exact) mass is 582 g/mol. The number of amides is 1. The molecule has 39 heavy (non-hydrogen) atoms. The maximum absolute atomic E-state index is 13.2. The van der Waals surface area contributed by atoms with Crippen LogP contribution >= 0.6 is 11.8 Å². The molecule has 0 spiro atoms. The molecule has 3 aliphatic rings. The number of carboxylic acid groups (broad SMARTS) is 1. The number of aliphatic carboxylic acids is 1. The Hall–Kier alpha value is -1.11. The average molecular weight is 583 g/mol. The topological polar surface area (TPSA) is 219 Å². The summed E-state index contributed by atoms with van der Waals surface area (Å²) in [5.74, 6) is -1.57. The lowest BCUT2D eigenvalue weighted by Crippen LogP contribution is -2.67. The first-order valence-corrected chi connectivity index (χ1v) is 14.4. The molecule has 0 bridgehead atoms. The predicted molar refractivity (Wildman–Crippen MR) is 136 cm³/mol. The summed E-state index contributed by atoms with van der Waals surface area (Å²) in [5, 5.41) is 74.8. The van der Waals surface area contributed by atoms with E-state index in [9.17, 15) is 45.3 Å². The molecule has 3 fully saturated rings. The third kappa shape index (κ3) is 7.04. The smallest absolute Gasteiger partial charge is 0.335 e. The van der Waals surface area contributed by atoms with Gasteiger partial charge in [0.15, 0.2) is 12.4 Å². The molecule has 0 aromatic carbocycles. The number of carboxylic acids is 1. The molecular weight excluding hydrogens is 540 g/mol. The van der Waals surface area contributed by atoms with E-state index in [-0.39, 0.29) is 5.91 Å². The molecule has 0 saturated carbocycles. The van der Waals surface area contributed by atoms with Crippen molar-refractivity contribution in [2.45, 2.75) is 112 Å². The summed E-state index contributed by atoms with van der Waals surface area (Å²) in [6.45, 7) is 4.27. The van der Waals surface area contributed by atoms with Crippen molar-refractivity contribution in [2.24, 2.45) is 5.92 Å². The fourth-order valence-corrected chi connectivity index (χ4v) is 6.31. The standard InChI is InChI=1S/C24H42N2O12S/c1-5-6-10-7-11(26(3)8-10)21(33)25-12(9(2)27)18-15(30)16(31)20(24(38-18)39-4)37-23-17(32)13(28)14(29)19(36-23)22(34)35/h9-20,23-24,27-32H,5-8H2,1-4H3,(H,25,33)(H,34,35)/t9-,10-,11+,12-,13?,14?,15-,16+,17?,18-,19?,20-,23?,24-/m1/s1. The number of aliphatic hydroxyl groups excluding tert-OH is 6. The Kier molecular flexibility index (Phi) is 11.4. The Balaban J connectivity index is 1.73. The van der Waals surface area contributed by atoms with Crippen molar-refractivity contribution in [3.8, 4) is 0 Å². The highest BCUT2D eigenvalue weighted by molar-refractivity contribution is 7.99. The van der Waals surface area contributed by atoms with E-state index in [1.165, 1.54) is 6.92 Å². The number of rotatable bonds is 10. The van der Waals surface area contributed by atoms with Gasteiger partial charge in [0.2, 0.25) is 5.91 Å². The number of aliphatic hydroxyl groups is 6. The van der Waals surface area contributed by atoms with Crippen molar-refractivity contribution in [3.05, 3.63) is 0 Å². The van der Waals surface area contributed by atoms with Gasteiger partial charge < -0.3 is 55.3 Å². The molecule has 8 N–H and O–H groups in total. The molecule has 3 heterocycles. The molecule has 3 saturated heterocycles. The van der Waals surface area contributed by atoms with E-state index in [1.807, 2.05) is 11.9 Å². The van der Waals surface area contributed by atoms with Gasteiger partial charge in [-0.15, -0.1) is 11.8 Å². The molecule has 14 nitrogen and oxygen atoms in total. The first kappa shape index (κ1) is 32.4. The van der Waals surface area contributed by atoms with Crippen LogP contribution in [0.1, 0.15) is 33.1 Å². The lowest BCUT2D eigenvalue weighted by Gasteiger charge is -2.47. The van der Waals surface area contributed by atoms with Gasteiger partial charge in [-0.25, -0.2) is 4.79 Å². The normalized spacial score (nSPS) is 43.1. The number of hydrogen-bond acceptors (Lipinski definition) is 13. The fraction of sp³-hybridized carbons (Fsp3) is 0.917. The Labute approximate surface area is 231 Å².